The minimum Gasteiger partial charge on any atom is -0.462 e. The molecule has 0 amide bonds. The van der Waals surface area contributed by atoms with Gasteiger partial charge in [0, 0.05) is 19.3 Å². The normalized spacial score (nSPS) is 12.6. The molecule has 1 unspecified atom stereocenters. The fourth-order valence-corrected chi connectivity index (χ4v) is 10.2. The molecular formula is C75H132O6. The minimum absolute atomic E-state index is 0.0768. The lowest BCUT2D eigenvalue weighted by atomic mass is 10.0. The van der Waals surface area contributed by atoms with Crippen LogP contribution in [0.25, 0.3) is 0 Å². The third kappa shape index (κ3) is 67.3. The van der Waals surface area contributed by atoms with Gasteiger partial charge in [0.1, 0.15) is 13.2 Å². The van der Waals surface area contributed by atoms with E-state index < -0.39 is 6.10 Å². The van der Waals surface area contributed by atoms with Gasteiger partial charge in [-0.15, -0.1) is 0 Å². The van der Waals surface area contributed by atoms with Crippen molar-refractivity contribution in [1.29, 1.82) is 0 Å². The molecule has 0 fully saturated rings. The Kier molecular flexibility index (Phi) is 66.2. The lowest BCUT2D eigenvalue weighted by molar-refractivity contribution is -0.167. The van der Waals surface area contributed by atoms with Crippen LogP contribution in [0.1, 0.15) is 355 Å². The molecule has 0 aromatic rings. The summed E-state index contributed by atoms with van der Waals surface area (Å²) in [6.07, 6.45) is 91.9. The highest BCUT2D eigenvalue weighted by atomic mass is 16.6. The lowest BCUT2D eigenvalue weighted by Crippen LogP contribution is -2.30. The molecule has 0 bridgehead atoms. The first-order chi connectivity index (χ1) is 40.0. The Morgan fingerprint density at radius 1 is 0.259 bits per heavy atom. The SMILES string of the molecule is CC/C=C\C/C=C\C/C=C\C/C=C\CCCCCCCCCCCCCCCCCCCCC(=O)OCC(COC(=O)CCCCCCC/C=C\C/C=C\C/C=C\CC)OC(=O)CCCCCCCCCCCCCCCCCCC. The van der Waals surface area contributed by atoms with E-state index in [9.17, 15) is 14.4 Å². The smallest absolute Gasteiger partial charge is 0.306 e. The minimum atomic E-state index is -0.782. The second kappa shape index (κ2) is 69.1. The Morgan fingerprint density at radius 2 is 0.481 bits per heavy atom. The topological polar surface area (TPSA) is 78.9 Å². The maximum atomic E-state index is 12.9. The maximum Gasteiger partial charge on any atom is 0.306 e. The Labute approximate surface area is 503 Å². The molecule has 0 aliphatic carbocycles. The van der Waals surface area contributed by atoms with Crippen molar-refractivity contribution >= 4 is 17.9 Å². The molecule has 0 spiro atoms. The molecule has 6 nitrogen and oxygen atoms in total. The quantitative estimate of drug-likeness (QED) is 0.0261. The standard InChI is InChI=1S/C75H132O6/c1-4-7-10-13-16-19-22-25-28-30-31-32-33-34-35-36-37-38-39-40-41-42-43-45-47-50-53-56-59-62-65-68-74(77)80-71-72(70-79-73(76)67-64-61-58-55-52-49-46-27-24-21-18-15-12-9-6-3)81-75(78)69-66-63-60-57-54-51-48-44-29-26-23-20-17-14-11-8-5-2/h7,9-10,12,16,18-19,21,25,27-28,31-32,46,72H,4-6,8,11,13-15,17,20,22-24,26,29-30,33-45,47-71H2,1-3H3/b10-7-,12-9-,19-16-,21-18-,28-25-,32-31-,46-27-. The molecule has 0 rings (SSSR count). The zero-order valence-corrected chi connectivity index (χ0v) is 53.8. The van der Waals surface area contributed by atoms with Crippen molar-refractivity contribution in [2.75, 3.05) is 13.2 Å². The summed E-state index contributed by atoms with van der Waals surface area (Å²) >= 11 is 0. The third-order valence-corrected chi connectivity index (χ3v) is 15.4. The van der Waals surface area contributed by atoms with Gasteiger partial charge in [-0.1, -0.05) is 331 Å². The van der Waals surface area contributed by atoms with E-state index in [4.69, 9.17) is 14.2 Å². The lowest BCUT2D eigenvalue weighted by Gasteiger charge is -2.18. The monoisotopic (exact) mass is 1130 g/mol. The van der Waals surface area contributed by atoms with Gasteiger partial charge in [-0.3, -0.25) is 14.4 Å². The molecular weight excluding hydrogens is 997 g/mol. The highest BCUT2D eigenvalue weighted by molar-refractivity contribution is 5.71. The zero-order chi connectivity index (χ0) is 58.5. The van der Waals surface area contributed by atoms with Crippen molar-refractivity contribution in [3.63, 3.8) is 0 Å². The van der Waals surface area contributed by atoms with Crippen LogP contribution in [-0.2, 0) is 28.6 Å². The van der Waals surface area contributed by atoms with Gasteiger partial charge in [-0.2, -0.15) is 0 Å². The predicted molar refractivity (Wildman–Crippen MR) is 353 cm³/mol. The first-order valence-corrected chi connectivity index (χ1v) is 35.1. The second-order valence-corrected chi connectivity index (χ2v) is 23.4. The third-order valence-electron chi connectivity index (χ3n) is 15.4. The summed E-state index contributed by atoms with van der Waals surface area (Å²) in [5, 5.41) is 0. The average molecular weight is 1130 g/mol. The van der Waals surface area contributed by atoms with E-state index in [0.717, 1.165) is 122 Å². The van der Waals surface area contributed by atoms with Crippen LogP contribution in [-0.4, -0.2) is 37.2 Å². The summed E-state index contributed by atoms with van der Waals surface area (Å²) in [7, 11) is 0. The van der Waals surface area contributed by atoms with Crippen LogP contribution < -0.4 is 0 Å². The molecule has 1 atom stereocenters. The number of esters is 3. The van der Waals surface area contributed by atoms with Crippen LogP contribution in [0.3, 0.4) is 0 Å². The van der Waals surface area contributed by atoms with E-state index in [-0.39, 0.29) is 31.1 Å². The molecule has 468 valence electrons. The van der Waals surface area contributed by atoms with Gasteiger partial charge in [0.05, 0.1) is 0 Å². The van der Waals surface area contributed by atoms with Crippen LogP contribution in [0.2, 0.25) is 0 Å². The number of hydrogen-bond donors (Lipinski definition) is 0. The first kappa shape index (κ1) is 77.6. The van der Waals surface area contributed by atoms with Crippen LogP contribution in [0.4, 0.5) is 0 Å². The van der Waals surface area contributed by atoms with Crippen molar-refractivity contribution in [3.05, 3.63) is 85.1 Å². The summed E-state index contributed by atoms with van der Waals surface area (Å²) in [5.41, 5.74) is 0. The molecule has 81 heavy (non-hydrogen) atoms. The van der Waals surface area contributed by atoms with E-state index in [0.29, 0.717) is 19.3 Å². The van der Waals surface area contributed by atoms with Gasteiger partial charge in [0.25, 0.3) is 0 Å². The Balaban J connectivity index is 4.21. The Bertz CT molecular complexity index is 1530. The van der Waals surface area contributed by atoms with Crippen molar-refractivity contribution in [1.82, 2.24) is 0 Å². The van der Waals surface area contributed by atoms with Crippen molar-refractivity contribution in [2.24, 2.45) is 0 Å². The van der Waals surface area contributed by atoms with Crippen LogP contribution in [0.15, 0.2) is 85.1 Å². The molecule has 0 radical (unpaired) electrons. The summed E-state index contributed by atoms with van der Waals surface area (Å²) in [6, 6.07) is 0. The average Bonchev–Trinajstić information content (AvgIpc) is 3.47. The summed E-state index contributed by atoms with van der Waals surface area (Å²) in [4.78, 5) is 38.4. The summed E-state index contributed by atoms with van der Waals surface area (Å²) < 4.78 is 17.0. The summed E-state index contributed by atoms with van der Waals surface area (Å²) in [5.74, 6) is -0.873. The fourth-order valence-electron chi connectivity index (χ4n) is 10.2. The number of allylic oxidation sites excluding steroid dienone is 14. The number of rotatable bonds is 64. The van der Waals surface area contributed by atoms with Gasteiger partial charge >= 0.3 is 17.9 Å². The van der Waals surface area contributed by atoms with Gasteiger partial charge in [-0.05, 0) is 89.9 Å². The van der Waals surface area contributed by atoms with E-state index in [1.54, 1.807) is 0 Å². The maximum absolute atomic E-state index is 12.9. The predicted octanol–water partition coefficient (Wildman–Crippen LogP) is 24.2. The first-order valence-electron chi connectivity index (χ1n) is 35.1. The van der Waals surface area contributed by atoms with E-state index >= 15 is 0 Å². The summed E-state index contributed by atoms with van der Waals surface area (Å²) in [6.45, 7) is 6.46. The molecule has 0 saturated heterocycles. The highest BCUT2D eigenvalue weighted by Gasteiger charge is 2.19. The van der Waals surface area contributed by atoms with Crippen molar-refractivity contribution < 1.29 is 28.6 Å². The molecule has 0 aromatic carbocycles. The Hall–Kier alpha value is -3.41. The number of ether oxygens (including phenoxy) is 3. The molecule has 0 heterocycles. The van der Waals surface area contributed by atoms with Crippen LogP contribution in [0, 0.1) is 0 Å². The molecule has 0 aliphatic rings. The molecule has 0 aromatic heterocycles. The molecule has 0 N–H and O–H groups in total. The molecule has 0 aliphatic heterocycles. The second-order valence-electron chi connectivity index (χ2n) is 23.4. The van der Waals surface area contributed by atoms with Crippen LogP contribution in [0.5, 0.6) is 0 Å². The number of carbonyl (C=O) groups is 3. The van der Waals surface area contributed by atoms with Gasteiger partial charge in [-0.25, -0.2) is 0 Å². The molecule has 6 heteroatoms. The van der Waals surface area contributed by atoms with Crippen molar-refractivity contribution in [2.45, 2.75) is 361 Å². The van der Waals surface area contributed by atoms with Crippen LogP contribution >= 0.6 is 0 Å². The van der Waals surface area contributed by atoms with E-state index in [1.807, 2.05) is 0 Å². The van der Waals surface area contributed by atoms with Gasteiger partial charge in [0.2, 0.25) is 0 Å². The van der Waals surface area contributed by atoms with Gasteiger partial charge in [0.15, 0.2) is 6.10 Å². The van der Waals surface area contributed by atoms with E-state index in [2.05, 4.69) is 106 Å². The molecule has 0 saturated carbocycles. The van der Waals surface area contributed by atoms with Crippen molar-refractivity contribution in [3.8, 4) is 0 Å². The fraction of sp³-hybridized carbons (Fsp3) is 0.773. The number of unbranched alkanes of at least 4 members (excludes halogenated alkanes) is 39. The largest absolute Gasteiger partial charge is 0.462 e. The number of carbonyl (C=O) groups excluding carboxylic acids is 3. The van der Waals surface area contributed by atoms with E-state index in [1.165, 1.54) is 193 Å². The van der Waals surface area contributed by atoms with Gasteiger partial charge < -0.3 is 14.2 Å². The Morgan fingerprint density at radius 3 is 0.753 bits per heavy atom. The number of hydrogen-bond acceptors (Lipinski definition) is 6. The zero-order valence-electron chi connectivity index (χ0n) is 53.8. The highest BCUT2D eigenvalue weighted by Crippen LogP contribution is 2.18.